The van der Waals surface area contributed by atoms with E-state index in [0.717, 1.165) is 11.0 Å². The van der Waals surface area contributed by atoms with Gasteiger partial charge in [-0.25, -0.2) is 4.39 Å². The first-order valence-corrected chi connectivity index (χ1v) is 13.7. The first-order valence-electron chi connectivity index (χ1n) is 12.3. The fourth-order valence-electron chi connectivity index (χ4n) is 3.63. The number of halogens is 2. The monoisotopic (exact) mass is 604 g/mol. The van der Waals surface area contributed by atoms with Gasteiger partial charge in [0.15, 0.2) is 0 Å². The fourth-order valence-corrected chi connectivity index (χ4v) is 4.51. The van der Waals surface area contributed by atoms with Gasteiger partial charge < -0.3 is 16.0 Å². The molecule has 0 spiro atoms. The van der Waals surface area contributed by atoms with Gasteiger partial charge >= 0.3 is 0 Å². The Morgan fingerprint density at radius 3 is 2.24 bits per heavy atom. The minimum Gasteiger partial charge on any atom is -0.325 e. The Morgan fingerprint density at radius 1 is 0.881 bits per heavy atom. The molecule has 42 heavy (non-hydrogen) atoms. The summed E-state index contributed by atoms with van der Waals surface area (Å²) in [5.74, 6) is -2.11. The number of nitro benzene ring substituents is 1. The van der Waals surface area contributed by atoms with E-state index in [4.69, 9.17) is 11.6 Å². The summed E-state index contributed by atoms with van der Waals surface area (Å²) < 4.78 is 13.3. The lowest BCUT2D eigenvalue weighted by molar-refractivity contribution is -0.385. The molecule has 9 nitrogen and oxygen atoms in total. The summed E-state index contributed by atoms with van der Waals surface area (Å²) in [6, 6.07) is 24.5. The molecule has 4 rings (SSSR count). The highest BCUT2D eigenvalue weighted by molar-refractivity contribution is 8.00. The van der Waals surface area contributed by atoms with Gasteiger partial charge in [-0.3, -0.25) is 24.5 Å². The molecule has 0 radical (unpaired) electrons. The van der Waals surface area contributed by atoms with E-state index in [0.29, 0.717) is 16.9 Å². The highest BCUT2D eigenvalue weighted by Gasteiger charge is 2.18. The van der Waals surface area contributed by atoms with E-state index in [2.05, 4.69) is 16.0 Å². The van der Waals surface area contributed by atoms with E-state index in [9.17, 15) is 28.9 Å². The van der Waals surface area contributed by atoms with Gasteiger partial charge in [-0.1, -0.05) is 41.9 Å². The number of amides is 3. The molecule has 4 aromatic carbocycles. The quantitative estimate of drug-likeness (QED) is 0.0817. The van der Waals surface area contributed by atoms with E-state index in [1.54, 1.807) is 60.7 Å². The van der Waals surface area contributed by atoms with Crippen LogP contribution in [0.2, 0.25) is 5.02 Å². The largest absolute Gasteiger partial charge is 0.325 e. The number of nitrogens with one attached hydrogen (secondary N) is 3. The van der Waals surface area contributed by atoms with Gasteiger partial charge in [-0.2, -0.15) is 0 Å². The molecule has 0 aliphatic rings. The van der Waals surface area contributed by atoms with Gasteiger partial charge in [0, 0.05) is 27.9 Å². The Kier molecular flexibility index (Phi) is 10.0. The molecule has 0 unspecified atom stereocenters. The molecule has 0 aliphatic heterocycles. The van der Waals surface area contributed by atoms with Crippen molar-refractivity contribution < 1.29 is 23.7 Å². The first-order chi connectivity index (χ1) is 20.2. The predicted octanol–water partition coefficient (Wildman–Crippen LogP) is 6.53. The van der Waals surface area contributed by atoms with E-state index in [-0.39, 0.29) is 33.6 Å². The van der Waals surface area contributed by atoms with E-state index >= 15 is 0 Å². The van der Waals surface area contributed by atoms with Crippen LogP contribution in [0.25, 0.3) is 6.08 Å². The number of nitrogens with zero attached hydrogens (tertiary/aromatic N) is 1. The summed E-state index contributed by atoms with van der Waals surface area (Å²) >= 11 is 6.98. The summed E-state index contributed by atoms with van der Waals surface area (Å²) in [6.07, 6.45) is 1.24. The second-order valence-electron chi connectivity index (χ2n) is 8.64. The Bertz CT molecular complexity index is 1670. The molecular weight excluding hydrogens is 583 g/mol. The third-order valence-corrected chi connectivity index (χ3v) is 6.95. The van der Waals surface area contributed by atoms with Crippen LogP contribution in [0.4, 0.5) is 21.5 Å². The van der Waals surface area contributed by atoms with Gasteiger partial charge in [0.25, 0.3) is 17.5 Å². The van der Waals surface area contributed by atoms with Crippen LogP contribution in [-0.4, -0.2) is 28.4 Å². The molecule has 4 aromatic rings. The molecule has 0 bridgehead atoms. The number of rotatable bonds is 10. The van der Waals surface area contributed by atoms with Gasteiger partial charge in [0.1, 0.15) is 11.5 Å². The average molecular weight is 605 g/mol. The molecule has 0 aliphatic carbocycles. The lowest BCUT2D eigenvalue weighted by Crippen LogP contribution is -2.30. The molecule has 0 saturated heterocycles. The normalized spacial score (nSPS) is 11.0. The van der Waals surface area contributed by atoms with Crippen LogP contribution in [0.5, 0.6) is 0 Å². The standard InChI is InChI=1S/C30H22ClFN4O5S/c31-24-17-22(12-15-25(24)32)33-28(37)18-42-23-13-10-21(11-14-23)34-30(39)26(35-29(38)19-6-2-1-3-7-19)16-20-8-4-5-9-27(20)36(40)41/h1-17H,18H2,(H,33,37)(H,34,39)(H,35,38)/b26-16-. The summed E-state index contributed by atoms with van der Waals surface area (Å²) in [5, 5.41) is 19.3. The Morgan fingerprint density at radius 2 is 1.55 bits per heavy atom. The number of hydrogen-bond donors (Lipinski definition) is 3. The Balaban J connectivity index is 1.44. The molecule has 212 valence electrons. The maximum atomic E-state index is 13.3. The maximum absolute atomic E-state index is 13.3. The highest BCUT2D eigenvalue weighted by atomic mass is 35.5. The van der Waals surface area contributed by atoms with Crippen LogP contribution in [-0.2, 0) is 9.59 Å². The van der Waals surface area contributed by atoms with Gasteiger partial charge in [0.05, 0.1) is 21.3 Å². The minimum absolute atomic E-state index is 0.0644. The Hall–Kier alpha value is -5.00. The van der Waals surface area contributed by atoms with Crippen LogP contribution >= 0.6 is 23.4 Å². The number of hydrogen-bond acceptors (Lipinski definition) is 6. The van der Waals surface area contributed by atoms with Crippen molar-refractivity contribution in [2.75, 3.05) is 16.4 Å². The molecular formula is C30H22ClFN4O5S. The molecule has 3 N–H and O–H groups in total. The molecule has 0 heterocycles. The number of carbonyl (C=O) groups is 3. The van der Waals surface area contributed by atoms with Gasteiger partial charge in [-0.05, 0) is 66.7 Å². The molecule has 3 amide bonds. The van der Waals surface area contributed by atoms with Crippen molar-refractivity contribution in [3.63, 3.8) is 0 Å². The Labute approximate surface area is 248 Å². The van der Waals surface area contributed by atoms with Crippen LogP contribution in [0, 0.1) is 15.9 Å². The zero-order valence-corrected chi connectivity index (χ0v) is 23.2. The number of thioether (sulfide) groups is 1. The van der Waals surface area contributed by atoms with E-state index < -0.39 is 22.6 Å². The highest BCUT2D eigenvalue weighted by Crippen LogP contribution is 2.24. The summed E-state index contributed by atoms with van der Waals surface area (Å²) in [7, 11) is 0. The van der Waals surface area contributed by atoms with Gasteiger partial charge in [0.2, 0.25) is 5.91 Å². The summed E-state index contributed by atoms with van der Waals surface area (Å²) in [4.78, 5) is 50.0. The smallest absolute Gasteiger partial charge is 0.276 e. The van der Waals surface area contributed by atoms with Gasteiger partial charge in [-0.15, -0.1) is 11.8 Å². The van der Waals surface area contributed by atoms with Crippen molar-refractivity contribution in [3.05, 3.63) is 135 Å². The van der Waals surface area contributed by atoms with Crippen molar-refractivity contribution in [1.82, 2.24) is 5.32 Å². The molecule has 0 fully saturated rings. The van der Waals surface area contributed by atoms with Crippen LogP contribution in [0.3, 0.4) is 0 Å². The lowest BCUT2D eigenvalue weighted by Gasteiger charge is -2.12. The first kappa shape index (κ1) is 30.0. The van der Waals surface area contributed by atoms with Crippen molar-refractivity contribution in [3.8, 4) is 0 Å². The molecule has 0 atom stereocenters. The number of carbonyl (C=O) groups excluding carboxylic acids is 3. The molecule has 0 aromatic heterocycles. The third kappa shape index (κ3) is 8.26. The SMILES string of the molecule is O=C(CSc1ccc(NC(=O)/C(=C/c2ccccc2[N+](=O)[O-])NC(=O)c2ccccc2)cc1)Nc1ccc(F)c(Cl)c1. The lowest BCUT2D eigenvalue weighted by atomic mass is 10.1. The van der Waals surface area contributed by atoms with E-state index in [1.807, 2.05) is 0 Å². The maximum Gasteiger partial charge on any atom is 0.276 e. The van der Waals surface area contributed by atoms with Crippen molar-refractivity contribution >= 4 is 64.2 Å². The van der Waals surface area contributed by atoms with Crippen LogP contribution < -0.4 is 16.0 Å². The zero-order chi connectivity index (χ0) is 30.1. The number of benzene rings is 4. The van der Waals surface area contributed by atoms with Crippen molar-refractivity contribution in [2.24, 2.45) is 0 Å². The third-order valence-electron chi connectivity index (χ3n) is 5.65. The minimum atomic E-state index is -0.699. The predicted molar refractivity (Wildman–Crippen MR) is 161 cm³/mol. The topological polar surface area (TPSA) is 130 Å². The molecule has 0 saturated carbocycles. The van der Waals surface area contributed by atoms with Crippen molar-refractivity contribution in [1.29, 1.82) is 0 Å². The average Bonchev–Trinajstić information content (AvgIpc) is 2.99. The number of nitro groups is 1. The summed E-state index contributed by atoms with van der Waals surface area (Å²) in [5.41, 5.74) is 0.755. The zero-order valence-electron chi connectivity index (χ0n) is 21.7. The van der Waals surface area contributed by atoms with Crippen molar-refractivity contribution in [2.45, 2.75) is 4.90 Å². The van der Waals surface area contributed by atoms with Crippen LogP contribution in [0.15, 0.2) is 108 Å². The number of anilines is 2. The summed E-state index contributed by atoms with van der Waals surface area (Å²) in [6.45, 7) is 0. The van der Waals surface area contributed by atoms with Crippen LogP contribution in [0.1, 0.15) is 15.9 Å². The number of para-hydroxylation sites is 1. The second-order valence-corrected chi connectivity index (χ2v) is 10.1. The second kappa shape index (κ2) is 14.1. The molecule has 12 heteroatoms. The fraction of sp³-hybridized carbons (Fsp3) is 0.0333. The van der Waals surface area contributed by atoms with E-state index in [1.165, 1.54) is 48.2 Å².